The maximum absolute atomic E-state index is 11.4. The highest BCUT2D eigenvalue weighted by Gasteiger charge is 2.21. The van der Waals surface area contributed by atoms with Gasteiger partial charge in [-0.15, -0.1) is 0 Å². The molecule has 0 aliphatic heterocycles. The van der Waals surface area contributed by atoms with Crippen LogP contribution in [0.3, 0.4) is 0 Å². The zero-order valence-electron chi connectivity index (χ0n) is 9.51. The number of hydrogen-bond donors (Lipinski definition) is 1. The van der Waals surface area contributed by atoms with E-state index >= 15 is 0 Å². The minimum atomic E-state index is -1.41. The molecule has 0 fully saturated rings. The molecule has 0 saturated carbocycles. The molecule has 3 heteroatoms. The van der Waals surface area contributed by atoms with Crippen molar-refractivity contribution >= 4 is 11.8 Å². The van der Waals surface area contributed by atoms with Gasteiger partial charge in [0.05, 0.1) is 0 Å². The second-order valence-corrected chi connectivity index (χ2v) is 4.34. The average Bonchev–Trinajstić information content (AvgIpc) is 2.75. The molecule has 3 rings (SSSR count). The van der Waals surface area contributed by atoms with Crippen LogP contribution in [-0.2, 0) is 11.2 Å². The number of carbonyl (C=O) groups excluding carboxylic acids is 1. The standard InChI is InChI=1S/C15H10O3/c16-14(15(17)18)10-5-6-13-11(8-10)7-9-3-1-2-4-12(9)13/h1-6,8H,7H2,(H,17,18). The molecule has 0 radical (unpaired) electrons. The van der Waals surface area contributed by atoms with Gasteiger partial charge in [-0.3, -0.25) is 4.79 Å². The Morgan fingerprint density at radius 2 is 1.67 bits per heavy atom. The van der Waals surface area contributed by atoms with Crippen molar-refractivity contribution in [2.24, 2.45) is 0 Å². The van der Waals surface area contributed by atoms with E-state index in [1.165, 1.54) is 11.1 Å². The van der Waals surface area contributed by atoms with E-state index in [1.54, 1.807) is 12.1 Å². The van der Waals surface area contributed by atoms with Gasteiger partial charge in [-0.1, -0.05) is 36.4 Å². The molecule has 0 heterocycles. The molecule has 2 aromatic carbocycles. The lowest BCUT2D eigenvalue weighted by Crippen LogP contribution is -2.12. The second-order valence-electron chi connectivity index (χ2n) is 4.34. The number of carboxylic acids is 1. The van der Waals surface area contributed by atoms with E-state index < -0.39 is 11.8 Å². The lowest BCUT2D eigenvalue weighted by Gasteiger charge is -2.02. The van der Waals surface area contributed by atoms with Crippen LogP contribution in [0.15, 0.2) is 42.5 Å². The average molecular weight is 238 g/mol. The van der Waals surface area contributed by atoms with Crippen molar-refractivity contribution in [1.29, 1.82) is 0 Å². The summed E-state index contributed by atoms with van der Waals surface area (Å²) in [4.78, 5) is 22.1. The van der Waals surface area contributed by atoms with Crippen molar-refractivity contribution < 1.29 is 14.7 Å². The fourth-order valence-corrected chi connectivity index (χ4v) is 2.41. The van der Waals surface area contributed by atoms with Gasteiger partial charge < -0.3 is 5.11 Å². The van der Waals surface area contributed by atoms with E-state index in [0.29, 0.717) is 0 Å². The van der Waals surface area contributed by atoms with E-state index in [4.69, 9.17) is 5.11 Å². The van der Waals surface area contributed by atoms with Gasteiger partial charge in [0.25, 0.3) is 5.78 Å². The molecule has 3 nitrogen and oxygen atoms in total. The maximum atomic E-state index is 11.4. The third-order valence-corrected chi connectivity index (χ3v) is 3.25. The summed E-state index contributed by atoms with van der Waals surface area (Å²) in [5.41, 5.74) is 4.74. The summed E-state index contributed by atoms with van der Waals surface area (Å²) in [6.07, 6.45) is 0.756. The summed E-state index contributed by atoms with van der Waals surface area (Å²) in [6.45, 7) is 0. The Balaban J connectivity index is 2.09. The van der Waals surface area contributed by atoms with Crippen molar-refractivity contribution in [3.05, 3.63) is 59.2 Å². The third-order valence-electron chi connectivity index (χ3n) is 3.25. The summed E-state index contributed by atoms with van der Waals surface area (Å²) in [7, 11) is 0. The lowest BCUT2D eigenvalue weighted by molar-refractivity contribution is -0.131. The highest BCUT2D eigenvalue weighted by Crippen LogP contribution is 2.36. The van der Waals surface area contributed by atoms with Gasteiger partial charge in [-0.2, -0.15) is 0 Å². The number of fused-ring (bicyclic) bond motifs is 3. The first kappa shape index (κ1) is 10.7. The first-order chi connectivity index (χ1) is 8.66. The normalized spacial score (nSPS) is 11.8. The fraction of sp³-hybridized carbons (Fsp3) is 0.0667. The molecular weight excluding hydrogens is 228 g/mol. The van der Waals surface area contributed by atoms with E-state index in [-0.39, 0.29) is 5.56 Å². The van der Waals surface area contributed by atoms with Gasteiger partial charge in [0, 0.05) is 5.56 Å². The molecular formula is C15H10O3. The van der Waals surface area contributed by atoms with Crippen LogP contribution in [0.2, 0.25) is 0 Å². The zero-order chi connectivity index (χ0) is 12.7. The molecule has 0 unspecified atom stereocenters. The second kappa shape index (κ2) is 3.81. The molecule has 1 aliphatic carbocycles. The molecule has 0 bridgehead atoms. The molecule has 0 atom stereocenters. The predicted molar refractivity (Wildman–Crippen MR) is 66.7 cm³/mol. The SMILES string of the molecule is O=C(O)C(=O)c1ccc2c(c1)Cc1ccccc1-2. The highest BCUT2D eigenvalue weighted by molar-refractivity contribution is 6.39. The van der Waals surface area contributed by atoms with Crippen LogP contribution in [0.1, 0.15) is 21.5 Å². The molecule has 2 aromatic rings. The van der Waals surface area contributed by atoms with E-state index in [1.807, 2.05) is 30.3 Å². The zero-order valence-corrected chi connectivity index (χ0v) is 9.51. The summed E-state index contributed by atoms with van der Waals surface area (Å²) in [6, 6.07) is 13.1. The Hall–Kier alpha value is -2.42. The largest absolute Gasteiger partial charge is 0.475 e. The van der Waals surface area contributed by atoms with Crippen LogP contribution in [0.25, 0.3) is 11.1 Å². The fourth-order valence-electron chi connectivity index (χ4n) is 2.41. The first-order valence-corrected chi connectivity index (χ1v) is 5.65. The lowest BCUT2D eigenvalue weighted by atomic mass is 10.0. The molecule has 1 aliphatic rings. The summed E-state index contributed by atoms with van der Waals surface area (Å²) >= 11 is 0. The van der Waals surface area contributed by atoms with E-state index in [0.717, 1.165) is 17.5 Å². The Bertz CT molecular complexity index is 671. The highest BCUT2D eigenvalue weighted by atomic mass is 16.4. The number of ketones is 1. The molecule has 1 N–H and O–H groups in total. The minimum absolute atomic E-state index is 0.244. The summed E-state index contributed by atoms with van der Waals surface area (Å²) in [5.74, 6) is -2.26. The molecule has 0 aromatic heterocycles. The van der Waals surface area contributed by atoms with E-state index in [9.17, 15) is 9.59 Å². The van der Waals surface area contributed by atoms with Crippen molar-refractivity contribution in [3.63, 3.8) is 0 Å². The van der Waals surface area contributed by atoms with Crippen LogP contribution in [-0.4, -0.2) is 16.9 Å². The quantitative estimate of drug-likeness (QED) is 0.551. The Morgan fingerprint density at radius 3 is 2.44 bits per heavy atom. The predicted octanol–water partition coefficient (Wildman–Crippen LogP) is 2.53. The molecule has 0 spiro atoms. The van der Waals surface area contributed by atoms with Crippen molar-refractivity contribution in [3.8, 4) is 11.1 Å². The summed E-state index contributed by atoms with van der Waals surface area (Å²) < 4.78 is 0. The van der Waals surface area contributed by atoms with Gasteiger partial charge in [0.1, 0.15) is 0 Å². The molecule has 88 valence electrons. The van der Waals surface area contributed by atoms with Crippen LogP contribution in [0, 0.1) is 0 Å². The van der Waals surface area contributed by atoms with Crippen LogP contribution in [0.5, 0.6) is 0 Å². The monoisotopic (exact) mass is 238 g/mol. The smallest absolute Gasteiger partial charge is 0.377 e. The van der Waals surface area contributed by atoms with Gasteiger partial charge in [-0.05, 0) is 34.7 Å². The number of rotatable bonds is 2. The van der Waals surface area contributed by atoms with E-state index in [2.05, 4.69) is 0 Å². The van der Waals surface area contributed by atoms with Gasteiger partial charge in [0.15, 0.2) is 0 Å². The number of benzene rings is 2. The number of carboxylic acid groups (broad SMARTS) is 1. The molecule has 18 heavy (non-hydrogen) atoms. The maximum Gasteiger partial charge on any atom is 0.377 e. The summed E-state index contributed by atoms with van der Waals surface area (Å²) in [5, 5.41) is 8.71. The number of Topliss-reactive ketones (excluding diaryl/α,β-unsaturated/α-hetero) is 1. The van der Waals surface area contributed by atoms with Crippen LogP contribution in [0.4, 0.5) is 0 Å². The first-order valence-electron chi connectivity index (χ1n) is 5.65. The minimum Gasteiger partial charge on any atom is -0.475 e. The van der Waals surface area contributed by atoms with Crippen molar-refractivity contribution in [1.82, 2.24) is 0 Å². The molecule has 0 amide bonds. The Kier molecular flexibility index (Phi) is 2.27. The third kappa shape index (κ3) is 1.52. The molecule has 0 saturated heterocycles. The topological polar surface area (TPSA) is 54.4 Å². The van der Waals surface area contributed by atoms with Gasteiger partial charge in [0.2, 0.25) is 0 Å². The van der Waals surface area contributed by atoms with Crippen molar-refractivity contribution in [2.75, 3.05) is 0 Å². The number of aliphatic carboxylic acids is 1. The number of hydrogen-bond acceptors (Lipinski definition) is 2. The van der Waals surface area contributed by atoms with Crippen LogP contribution >= 0.6 is 0 Å². The number of carbonyl (C=O) groups is 2. The Morgan fingerprint density at radius 1 is 0.944 bits per heavy atom. The van der Waals surface area contributed by atoms with Gasteiger partial charge >= 0.3 is 5.97 Å². The Labute approximate surface area is 104 Å². The van der Waals surface area contributed by atoms with Crippen molar-refractivity contribution in [2.45, 2.75) is 6.42 Å². The van der Waals surface area contributed by atoms with Gasteiger partial charge in [-0.25, -0.2) is 4.79 Å². The van der Waals surface area contributed by atoms with Crippen LogP contribution < -0.4 is 0 Å².